The molecule has 3 amide bonds. The van der Waals surface area contributed by atoms with Crippen molar-refractivity contribution in [3.8, 4) is 5.75 Å². The number of amides is 3. The van der Waals surface area contributed by atoms with Crippen molar-refractivity contribution in [3.63, 3.8) is 0 Å². The van der Waals surface area contributed by atoms with E-state index >= 15 is 0 Å². The maximum absolute atomic E-state index is 12.2. The summed E-state index contributed by atoms with van der Waals surface area (Å²) < 4.78 is 10.3. The summed E-state index contributed by atoms with van der Waals surface area (Å²) in [5, 5.41) is 4.12. The number of ether oxygens (including phenoxy) is 2. The van der Waals surface area contributed by atoms with Crippen LogP contribution in [0.3, 0.4) is 0 Å². The van der Waals surface area contributed by atoms with Crippen molar-refractivity contribution in [2.45, 2.75) is 112 Å². The highest BCUT2D eigenvalue weighted by Gasteiger charge is 2.28. The molecule has 2 aliphatic rings. The number of urea groups is 1. The third-order valence-corrected chi connectivity index (χ3v) is 9.22. The number of carbonyl (C=O) groups is 4. The molecule has 3 N–H and O–H groups in total. The normalized spacial score (nSPS) is 14.2. The van der Waals surface area contributed by atoms with Crippen LogP contribution in [0.5, 0.6) is 5.75 Å². The van der Waals surface area contributed by atoms with Crippen molar-refractivity contribution >= 4 is 29.9 Å². The van der Waals surface area contributed by atoms with Gasteiger partial charge in [0.15, 0.2) is 5.78 Å². The predicted molar refractivity (Wildman–Crippen MR) is 219 cm³/mol. The molecule has 54 heavy (non-hydrogen) atoms. The van der Waals surface area contributed by atoms with Gasteiger partial charge in [-0.3, -0.25) is 19.4 Å². The van der Waals surface area contributed by atoms with Gasteiger partial charge < -0.3 is 29.5 Å². The number of nitrogens with one attached hydrogen (secondary N) is 1. The quantitative estimate of drug-likeness (QED) is 0.0545. The summed E-state index contributed by atoms with van der Waals surface area (Å²) in [6, 6.07) is 14.3. The van der Waals surface area contributed by atoms with E-state index in [9.17, 15) is 19.2 Å². The first-order chi connectivity index (χ1) is 25.9. The average molecular weight is 755 g/mol. The Hall–Kier alpha value is -4.00. The smallest absolute Gasteiger partial charge is 0.334 e. The molecule has 2 fully saturated rings. The second kappa shape index (κ2) is 27.6. The molecule has 0 spiro atoms. The maximum Gasteiger partial charge on any atom is 0.334 e. The van der Waals surface area contributed by atoms with Crippen LogP contribution in [-0.2, 0) is 25.5 Å². The van der Waals surface area contributed by atoms with Gasteiger partial charge in [-0.1, -0.05) is 63.6 Å². The maximum atomic E-state index is 12.2. The zero-order chi connectivity index (χ0) is 40.5. The fraction of sp³-hybridized carbons (Fsp3) is 0.619. The average Bonchev–Trinajstić information content (AvgIpc) is 3.17. The molecule has 2 saturated heterocycles. The number of esters is 1. The molecule has 12 heteroatoms. The largest absolute Gasteiger partial charge is 0.426 e. The van der Waals surface area contributed by atoms with E-state index in [4.69, 9.17) is 15.3 Å². The van der Waals surface area contributed by atoms with Crippen LogP contribution in [0.4, 0.5) is 10.5 Å². The second-order valence-corrected chi connectivity index (χ2v) is 13.6. The van der Waals surface area contributed by atoms with E-state index in [2.05, 4.69) is 30.1 Å². The molecule has 0 saturated carbocycles. The number of piperidine rings is 1. The number of ketones is 1. The number of hydrogen-bond donors (Lipinski definition) is 2. The Kier molecular flexibility index (Phi) is 24.5. The molecule has 0 unspecified atom stereocenters. The molecule has 0 aromatic heterocycles. The van der Waals surface area contributed by atoms with Crippen molar-refractivity contribution in [1.82, 2.24) is 19.7 Å². The second-order valence-electron chi connectivity index (χ2n) is 13.6. The molecule has 0 aliphatic carbocycles. The number of aryl methyl sites for hydroxylation is 2. The van der Waals surface area contributed by atoms with Crippen LogP contribution in [-0.4, -0.2) is 116 Å². The number of Topliss-reactive ketones (excluding diaryl/α,β-unsaturated/α-hetero) is 1. The Morgan fingerprint density at radius 1 is 0.926 bits per heavy atom. The Bertz CT molecular complexity index is 1370. The van der Waals surface area contributed by atoms with E-state index in [1.165, 1.54) is 63.7 Å². The minimum absolute atomic E-state index is 0.0932. The van der Waals surface area contributed by atoms with E-state index < -0.39 is 0 Å². The predicted octanol–water partition coefficient (Wildman–Crippen LogP) is 6.62. The van der Waals surface area contributed by atoms with Crippen LogP contribution in [0.25, 0.3) is 0 Å². The van der Waals surface area contributed by atoms with Crippen molar-refractivity contribution < 1.29 is 28.7 Å². The zero-order valence-corrected chi connectivity index (χ0v) is 34.7. The molecule has 4 rings (SSSR count). The lowest BCUT2D eigenvalue weighted by molar-refractivity contribution is -0.132. The number of nitrogens with two attached hydrogens (primary N) is 1. The van der Waals surface area contributed by atoms with Gasteiger partial charge in [0.1, 0.15) is 5.75 Å². The van der Waals surface area contributed by atoms with Crippen molar-refractivity contribution in [2.75, 3.05) is 64.8 Å². The Balaban J connectivity index is 0.000000448. The van der Waals surface area contributed by atoms with E-state index in [0.29, 0.717) is 38.2 Å². The highest BCUT2D eigenvalue weighted by atomic mass is 16.5. The lowest BCUT2D eigenvalue weighted by Crippen LogP contribution is -2.53. The fourth-order valence-corrected chi connectivity index (χ4v) is 6.60. The van der Waals surface area contributed by atoms with Gasteiger partial charge in [-0.15, -0.1) is 0 Å². The molecule has 2 aromatic carbocycles. The molecular weight excluding hydrogens is 684 g/mol. The minimum atomic E-state index is -0.343. The van der Waals surface area contributed by atoms with Gasteiger partial charge >= 0.3 is 12.0 Å². The first-order valence-corrected chi connectivity index (χ1v) is 19.8. The summed E-state index contributed by atoms with van der Waals surface area (Å²) in [6.07, 6.45) is 8.09. The summed E-state index contributed by atoms with van der Waals surface area (Å²) in [5.74, 6) is 5.87. The number of hydrazine groups is 1. The number of carbonyl (C=O) groups excluding carboxylic acids is 4. The van der Waals surface area contributed by atoms with E-state index in [1.54, 1.807) is 4.90 Å². The van der Waals surface area contributed by atoms with Gasteiger partial charge in [-0.25, -0.2) is 10.6 Å². The van der Waals surface area contributed by atoms with E-state index in [-0.39, 0.29) is 30.4 Å². The number of nitrogens with zero attached hydrogens (tertiary/aromatic N) is 4. The molecule has 2 heterocycles. The van der Waals surface area contributed by atoms with Gasteiger partial charge in [0.25, 0.3) is 0 Å². The molecule has 2 aliphatic heterocycles. The number of anilines is 1. The highest BCUT2D eigenvalue weighted by molar-refractivity contribution is 5.83. The SMILES string of the molecule is CC.CC(=O)Oc1ccc(C)cc1C.CCCN(CCC)C1CCOCC1.CNc1ccccc1CCN(C=O)C1CCN(C(=O)N(N)CC(C)=O)CC1. The Labute approximate surface area is 325 Å². The van der Waals surface area contributed by atoms with Crippen molar-refractivity contribution in [3.05, 3.63) is 59.2 Å². The monoisotopic (exact) mass is 755 g/mol. The first-order valence-electron chi connectivity index (χ1n) is 19.8. The van der Waals surface area contributed by atoms with Gasteiger partial charge in [0.05, 0.1) is 6.54 Å². The molecule has 0 radical (unpaired) electrons. The fourth-order valence-electron chi connectivity index (χ4n) is 6.60. The molecule has 304 valence electrons. The van der Waals surface area contributed by atoms with Gasteiger partial charge in [-0.2, -0.15) is 0 Å². The van der Waals surface area contributed by atoms with Crippen LogP contribution in [0, 0.1) is 13.8 Å². The lowest BCUT2D eigenvalue weighted by Gasteiger charge is -2.38. The third-order valence-electron chi connectivity index (χ3n) is 9.22. The number of hydrogen-bond acceptors (Lipinski definition) is 9. The Morgan fingerprint density at radius 2 is 1.54 bits per heavy atom. The van der Waals surface area contributed by atoms with Crippen molar-refractivity contribution in [1.29, 1.82) is 0 Å². The molecule has 0 atom stereocenters. The molecule has 12 nitrogen and oxygen atoms in total. The molecule has 0 bridgehead atoms. The van der Waals surface area contributed by atoms with Crippen LogP contribution in [0.1, 0.15) is 96.8 Å². The van der Waals surface area contributed by atoms with Gasteiger partial charge in [-0.05, 0) is 102 Å². The summed E-state index contributed by atoms with van der Waals surface area (Å²) >= 11 is 0. The molecule has 2 aromatic rings. The standard InChI is InChI=1S/C19H29N5O3.C11H23NO.C10H12O2.C2H6/c1-15(26)13-24(20)19(27)22-11-8-17(9-12-22)23(14-25)10-7-16-5-3-4-6-18(16)21-2;1-3-7-12(8-4-2)11-5-9-13-10-6-11;1-7-4-5-10(8(2)6-7)12-9(3)11;1-2/h3-6,14,17,21H,7-13,20H2,1-2H3;11H,3-10H2,1-2H3;4-6H,1-3H3;1-2H3. The van der Waals surface area contributed by atoms with Crippen molar-refractivity contribution in [2.24, 2.45) is 5.84 Å². The third kappa shape index (κ3) is 17.9. The number of benzene rings is 2. The van der Waals surface area contributed by atoms with Crippen LogP contribution in [0.15, 0.2) is 42.5 Å². The first kappa shape index (κ1) is 48.0. The van der Waals surface area contributed by atoms with E-state index in [1.807, 2.05) is 76.0 Å². The zero-order valence-electron chi connectivity index (χ0n) is 34.7. The number of para-hydroxylation sites is 1. The Morgan fingerprint density at radius 3 is 2.06 bits per heavy atom. The summed E-state index contributed by atoms with van der Waals surface area (Å²) in [6.45, 7) is 21.3. The minimum Gasteiger partial charge on any atom is -0.426 e. The van der Waals surface area contributed by atoms with Gasteiger partial charge in [0, 0.05) is 64.6 Å². The lowest BCUT2D eigenvalue weighted by atomic mass is 10.0. The van der Waals surface area contributed by atoms with E-state index in [0.717, 1.165) is 48.3 Å². The van der Waals surface area contributed by atoms with Crippen LogP contribution in [0.2, 0.25) is 0 Å². The molecular formula is C42H70N6O6. The summed E-state index contributed by atoms with van der Waals surface area (Å²) in [7, 11) is 1.88. The number of rotatable bonds is 14. The van der Waals surface area contributed by atoms with Gasteiger partial charge in [0.2, 0.25) is 6.41 Å². The summed E-state index contributed by atoms with van der Waals surface area (Å²) in [5.41, 5.74) is 4.40. The summed E-state index contributed by atoms with van der Waals surface area (Å²) in [4.78, 5) is 51.7. The number of likely N-dealkylation sites (tertiary alicyclic amines) is 1. The highest BCUT2D eigenvalue weighted by Crippen LogP contribution is 2.20. The van der Waals surface area contributed by atoms with Crippen LogP contribution < -0.4 is 15.9 Å². The van der Waals surface area contributed by atoms with Crippen LogP contribution >= 0.6 is 0 Å². The topological polar surface area (TPSA) is 138 Å².